The molecule has 1 rings (SSSR count). The predicted octanol–water partition coefficient (Wildman–Crippen LogP) is -0.215. The van der Waals surface area contributed by atoms with Crippen molar-refractivity contribution in [2.24, 2.45) is 11.7 Å². The Bertz CT molecular complexity index is 201. The number of nitrogens with two attached hydrogens (primary N) is 1. The van der Waals surface area contributed by atoms with Gasteiger partial charge >= 0.3 is 0 Å². The second-order valence-corrected chi connectivity index (χ2v) is 2.75. The van der Waals surface area contributed by atoms with E-state index in [1.807, 2.05) is 6.07 Å². The molecule has 5 heteroatoms. The van der Waals surface area contributed by atoms with Crippen molar-refractivity contribution < 1.29 is 4.79 Å². The van der Waals surface area contributed by atoms with Gasteiger partial charge in [0.2, 0.25) is 5.91 Å². The van der Waals surface area contributed by atoms with E-state index in [1.165, 1.54) is 0 Å². The van der Waals surface area contributed by atoms with E-state index in [1.54, 1.807) is 0 Å². The van der Waals surface area contributed by atoms with Crippen molar-refractivity contribution in [3.05, 3.63) is 0 Å². The van der Waals surface area contributed by atoms with Gasteiger partial charge in [-0.1, -0.05) is 0 Å². The van der Waals surface area contributed by atoms with E-state index in [9.17, 15) is 4.79 Å². The van der Waals surface area contributed by atoms with Crippen LogP contribution in [0.3, 0.4) is 0 Å². The van der Waals surface area contributed by atoms with Crippen LogP contribution >= 0.6 is 12.4 Å². The molecule has 1 aliphatic rings. The number of amides is 1. The van der Waals surface area contributed by atoms with Crippen LogP contribution in [-0.2, 0) is 4.79 Å². The summed E-state index contributed by atoms with van der Waals surface area (Å²) in [6, 6.07) is 1.41. The number of halogens is 1. The van der Waals surface area contributed by atoms with Crippen molar-refractivity contribution in [2.75, 3.05) is 6.54 Å². The van der Waals surface area contributed by atoms with Crippen LogP contribution in [-0.4, -0.2) is 18.5 Å². The Morgan fingerprint density at radius 1 is 1.83 bits per heavy atom. The molecule has 4 nitrogen and oxygen atoms in total. The number of carbonyl (C=O) groups is 1. The Kier molecular flexibility index (Phi) is 4.64. The highest BCUT2D eigenvalue weighted by Gasteiger charge is 2.25. The Morgan fingerprint density at radius 2 is 2.50 bits per heavy atom. The third-order valence-electron chi connectivity index (χ3n) is 1.87. The first-order valence-electron chi connectivity index (χ1n) is 3.67. The summed E-state index contributed by atoms with van der Waals surface area (Å²) >= 11 is 0. The fourth-order valence-electron chi connectivity index (χ4n) is 1.23. The van der Waals surface area contributed by atoms with Crippen LogP contribution in [0.5, 0.6) is 0 Å². The van der Waals surface area contributed by atoms with Gasteiger partial charge in [-0.2, -0.15) is 5.26 Å². The Balaban J connectivity index is 0.00000121. The van der Waals surface area contributed by atoms with E-state index >= 15 is 0 Å². The lowest BCUT2D eigenvalue weighted by atomic mass is 10.00. The molecule has 2 unspecified atom stereocenters. The minimum Gasteiger partial charge on any atom is -0.356 e. The van der Waals surface area contributed by atoms with Crippen LogP contribution in [0.1, 0.15) is 12.8 Å². The lowest BCUT2D eigenvalue weighted by molar-refractivity contribution is -0.122. The molecule has 3 N–H and O–H groups in total. The molecule has 0 aromatic rings. The Hall–Kier alpha value is -0.790. The van der Waals surface area contributed by atoms with Crippen LogP contribution in [0.2, 0.25) is 0 Å². The summed E-state index contributed by atoms with van der Waals surface area (Å²) in [6.07, 6.45) is 1.30. The summed E-state index contributed by atoms with van der Waals surface area (Å²) in [5.41, 5.74) is 5.37. The van der Waals surface area contributed by atoms with E-state index in [-0.39, 0.29) is 24.2 Å². The molecule has 0 bridgehead atoms. The summed E-state index contributed by atoms with van der Waals surface area (Å²) in [4.78, 5) is 10.9. The quantitative estimate of drug-likeness (QED) is 0.631. The Morgan fingerprint density at radius 3 is 2.92 bits per heavy atom. The molecular formula is C7H12ClN3O. The van der Waals surface area contributed by atoms with E-state index in [0.29, 0.717) is 6.42 Å². The average molecular weight is 190 g/mol. The lowest BCUT2D eigenvalue weighted by Gasteiger charge is -2.06. The summed E-state index contributed by atoms with van der Waals surface area (Å²) in [7, 11) is 0. The van der Waals surface area contributed by atoms with Crippen LogP contribution in [0, 0.1) is 17.2 Å². The maximum atomic E-state index is 10.9. The molecule has 2 atom stereocenters. The van der Waals surface area contributed by atoms with Gasteiger partial charge in [-0.3, -0.25) is 4.79 Å². The molecule has 0 aliphatic carbocycles. The summed E-state index contributed by atoms with van der Waals surface area (Å²) in [5, 5.41) is 11.1. The highest BCUT2D eigenvalue weighted by molar-refractivity contribution is 5.85. The van der Waals surface area contributed by atoms with Gasteiger partial charge in [0.1, 0.15) is 0 Å². The van der Waals surface area contributed by atoms with Gasteiger partial charge < -0.3 is 11.1 Å². The van der Waals surface area contributed by atoms with Gasteiger partial charge in [-0.25, -0.2) is 0 Å². The zero-order chi connectivity index (χ0) is 8.27. The molecule has 1 saturated heterocycles. The molecule has 0 saturated carbocycles. The average Bonchev–Trinajstić information content (AvgIpc) is 2.37. The van der Waals surface area contributed by atoms with Crippen molar-refractivity contribution in [3.63, 3.8) is 0 Å². The van der Waals surface area contributed by atoms with Gasteiger partial charge in [0, 0.05) is 12.5 Å². The highest BCUT2D eigenvalue weighted by Crippen LogP contribution is 2.14. The SMILES string of the molecule is Cl.N#CC(N)CC1CCNC1=O. The first-order chi connectivity index (χ1) is 5.24. The third-order valence-corrected chi connectivity index (χ3v) is 1.87. The topological polar surface area (TPSA) is 78.9 Å². The fourth-order valence-corrected chi connectivity index (χ4v) is 1.23. The van der Waals surface area contributed by atoms with Gasteiger partial charge in [-0.05, 0) is 12.8 Å². The minimum absolute atomic E-state index is 0. The number of hydrogen-bond acceptors (Lipinski definition) is 3. The summed E-state index contributed by atoms with van der Waals surface area (Å²) < 4.78 is 0. The lowest BCUT2D eigenvalue weighted by Crippen LogP contribution is -2.26. The number of carbonyl (C=O) groups excluding carboxylic acids is 1. The second kappa shape index (κ2) is 4.96. The molecule has 1 amide bonds. The van der Waals surface area contributed by atoms with Gasteiger partial charge in [-0.15, -0.1) is 12.4 Å². The van der Waals surface area contributed by atoms with E-state index in [0.717, 1.165) is 13.0 Å². The molecule has 12 heavy (non-hydrogen) atoms. The van der Waals surface area contributed by atoms with Crippen molar-refractivity contribution in [1.82, 2.24) is 5.32 Å². The van der Waals surface area contributed by atoms with Gasteiger partial charge in [0.25, 0.3) is 0 Å². The minimum atomic E-state index is -0.496. The maximum Gasteiger partial charge on any atom is 0.223 e. The maximum absolute atomic E-state index is 10.9. The fraction of sp³-hybridized carbons (Fsp3) is 0.714. The van der Waals surface area contributed by atoms with Gasteiger partial charge in [0.05, 0.1) is 12.1 Å². The number of hydrogen-bond donors (Lipinski definition) is 2. The first-order valence-corrected chi connectivity index (χ1v) is 3.67. The smallest absolute Gasteiger partial charge is 0.223 e. The first kappa shape index (κ1) is 11.2. The summed E-state index contributed by atoms with van der Waals surface area (Å²) in [6.45, 7) is 0.724. The number of rotatable bonds is 2. The van der Waals surface area contributed by atoms with Crippen molar-refractivity contribution >= 4 is 18.3 Å². The van der Waals surface area contributed by atoms with Crippen molar-refractivity contribution in [3.8, 4) is 6.07 Å². The molecular weight excluding hydrogens is 178 g/mol. The molecule has 1 fully saturated rings. The molecule has 1 heterocycles. The highest BCUT2D eigenvalue weighted by atomic mass is 35.5. The monoisotopic (exact) mass is 189 g/mol. The third kappa shape index (κ3) is 2.68. The largest absolute Gasteiger partial charge is 0.356 e. The van der Waals surface area contributed by atoms with Crippen LogP contribution in [0.4, 0.5) is 0 Å². The van der Waals surface area contributed by atoms with Crippen LogP contribution in [0.15, 0.2) is 0 Å². The van der Waals surface area contributed by atoms with E-state index in [4.69, 9.17) is 11.0 Å². The number of nitrogens with one attached hydrogen (secondary N) is 1. The van der Waals surface area contributed by atoms with Crippen LogP contribution in [0.25, 0.3) is 0 Å². The molecule has 0 aromatic carbocycles. The predicted molar refractivity (Wildman–Crippen MR) is 46.6 cm³/mol. The standard InChI is InChI=1S/C7H11N3O.ClH/c8-4-6(9)3-5-1-2-10-7(5)11;/h5-6H,1-3,9H2,(H,10,11);1H. The van der Waals surface area contributed by atoms with Crippen molar-refractivity contribution in [2.45, 2.75) is 18.9 Å². The molecule has 0 aromatic heterocycles. The molecule has 1 aliphatic heterocycles. The van der Waals surface area contributed by atoms with Crippen molar-refractivity contribution in [1.29, 1.82) is 5.26 Å². The number of nitrogens with zero attached hydrogens (tertiary/aromatic N) is 1. The Labute approximate surface area is 77.5 Å². The zero-order valence-electron chi connectivity index (χ0n) is 6.62. The van der Waals surface area contributed by atoms with Gasteiger partial charge in [0.15, 0.2) is 0 Å². The molecule has 68 valence electrons. The van der Waals surface area contributed by atoms with Crippen LogP contribution < -0.4 is 11.1 Å². The second-order valence-electron chi connectivity index (χ2n) is 2.75. The molecule has 0 spiro atoms. The van der Waals surface area contributed by atoms with E-state index < -0.39 is 6.04 Å². The normalized spacial score (nSPS) is 23.7. The zero-order valence-corrected chi connectivity index (χ0v) is 7.43. The number of nitriles is 1. The summed E-state index contributed by atoms with van der Waals surface area (Å²) in [5.74, 6) is 0.000324. The molecule has 0 radical (unpaired) electrons. The van der Waals surface area contributed by atoms with E-state index in [2.05, 4.69) is 5.32 Å².